The molecule has 1 fully saturated rings. The van der Waals surface area contributed by atoms with Gasteiger partial charge in [0.2, 0.25) is 0 Å². The highest BCUT2D eigenvalue weighted by molar-refractivity contribution is 6.33. The average Bonchev–Trinajstić information content (AvgIpc) is 2.97. The van der Waals surface area contributed by atoms with Crippen molar-refractivity contribution in [1.82, 2.24) is 0 Å². The van der Waals surface area contributed by atoms with E-state index >= 15 is 0 Å². The summed E-state index contributed by atoms with van der Waals surface area (Å²) in [6.07, 6.45) is 3.11. The number of nitrogens with one attached hydrogen (secondary N) is 1. The Kier molecular flexibility index (Phi) is 3.91. The Bertz CT molecular complexity index is 732. The van der Waals surface area contributed by atoms with Gasteiger partial charge in [-0.25, -0.2) is 4.79 Å². The number of likely N-dealkylation sites (tertiary alicyclic amines) is 1. The summed E-state index contributed by atoms with van der Waals surface area (Å²) in [7, 11) is 0. The van der Waals surface area contributed by atoms with Gasteiger partial charge in [0.15, 0.2) is 5.58 Å². The molecule has 0 unspecified atom stereocenters. The molecular formula is C16H19ClNO3+. The predicted molar refractivity (Wildman–Crippen MR) is 82.2 cm³/mol. The quantitative estimate of drug-likeness (QED) is 0.852. The first-order chi connectivity index (χ1) is 10.1. The molecule has 5 heteroatoms. The second-order valence-corrected chi connectivity index (χ2v) is 6.05. The van der Waals surface area contributed by atoms with E-state index in [0.29, 0.717) is 22.7 Å². The van der Waals surface area contributed by atoms with Crippen LogP contribution in [0.25, 0.3) is 11.0 Å². The third-order valence-electron chi connectivity index (χ3n) is 4.26. The Balaban J connectivity index is 2.22. The molecule has 0 saturated carbocycles. The highest BCUT2D eigenvalue weighted by Crippen LogP contribution is 2.35. The van der Waals surface area contributed by atoms with Gasteiger partial charge in [0.05, 0.1) is 23.7 Å². The van der Waals surface area contributed by atoms with Gasteiger partial charge in [-0.15, -0.1) is 0 Å². The van der Waals surface area contributed by atoms with Crippen molar-refractivity contribution in [3.05, 3.63) is 38.7 Å². The number of aryl methyl sites for hydroxylation is 1. The molecule has 2 heterocycles. The minimum absolute atomic E-state index is 0.0416. The maximum absolute atomic E-state index is 11.8. The fraction of sp³-hybridized carbons (Fsp3) is 0.438. The molecule has 0 spiro atoms. The number of benzene rings is 1. The van der Waals surface area contributed by atoms with Crippen LogP contribution >= 0.6 is 11.6 Å². The topological polar surface area (TPSA) is 54.9 Å². The van der Waals surface area contributed by atoms with E-state index in [1.54, 1.807) is 6.07 Å². The van der Waals surface area contributed by atoms with Gasteiger partial charge in [-0.1, -0.05) is 18.5 Å². The molecule has 3 rings (SSSR count). The first-order valence-electron chi connectivity index (χ1n) is 7.40. The standard InChI is InChI=1S/C16H18ClNO3/c1-2-10-7-14(19)21-16-11(10)8-13(17)15(20)12(16)9-18-5-3-4-6-18/h7-8,20H,2-6,9H2,1H3/p+1. The molecule has 112 valence electrons. The van der Waals surface area contributed by atoms with Crippen molar-refractivity contribution in [3.63, 3.8) is 0 Å². The molecule has 1 aliphatic heterocycles. The van der Waals surface area contributed by atoms with Crippen LogP contribution in [0.5, 0.6) is 5.75 Å². The number of phenols is 1. The first kappa shape index (κ1) is 14.4. The number of aromatic hydroxyl groups is 1. The predicted octanol–water partition coefficient (Wildman–Crippen LogP) is 1.89. The van der Waals surface area contributed by atoms with Crippen molar-refractivity contribution in [1.29, 1.82) is 0 Å². The molecule has 0 aliphatic carbocycles. The molecule has 2 N–H and O–H groups in total. The van der Waals surface area contributed by atoms with Gasteiger partial charge < -0.3 is 14.4 Å². The monoisotopic (exact) mass is 308 g/mol. The van der Waals surface area contributed by atoms with Crippen LogP contribution in [0.15, 0.2) is 21.3 Å². The van der Waals surface area contributed by atoms with Crippen molar-refractivity contribution in [2.24, 2.45) is 0 Å². The normalized spacial score (nSPS) is 15.9. The molecule has 21 heavy (non-hydrogen) atoms. The van der Waals surface area contributed by atoms with Crippen molar-refractivity contribution >= 4 is 22.6 Å². The van der Waals surface area contributed by atoms with Crippen LogP contribution < -0.4 is 10.5 Å². The van der Waals surface area contributed by atoms with Gasteiger partial charge in [0.25, 0.3) is 0 Å². The number of fused-ring (bicyclic) bond motifs is 1. The highest BCUT2D eigenvalue weighted by Gasteiger charge is 2.23. The largest absolute Gasteiger partial charge is 0.506 e. The van der Waals surface area contributed by atoms with E-state index in [1.165, 1.54) is 23.8 Å². The molecule has 1 saturated heterocycles. The minimum Gasteiger partial charge on any atom is -0.506 e. The number of hydrogen-bond donors (Lipinski definition) is 2. The van der Waals surface area contributed by atoms with Crippen LogP contribution in [0.4, 0.5) is 0 Å². The van der Waals surface area contributed by atoms with Gasteiger partial charge in [0.1, 0.15) is 12.3 Å². The van der Waals surface area contributed by atoms with Gasteiger partial charge >= 0.3 is 5.63 Å². The van der Waals surface area contributed by atoms with Crippen molar-refractivity contribution in [2.45, 2.75) is 32.7 Å². The smallest absolute Gasteiger partial charge is 0.336 e. The lowest BCUT2D eigenvalue weighted by atomic mass is 10.0. The number of quaternary nitrogens is 1. The van der Waals surface area contributed by atoms with Gasteiger partial charge in [0, 0.05) is 24.3 Å². The Morgan fingerprint density at radius 2 is 2.05 bits per heavy atom. The molecule has 0 bridgehead atoms. The number of phenolic OH excluding ortho intramolecular Hbond substituents is 1. The van der Waals surface area contributed by atoms with Crippen LogP contribution in [-0.2, 0) is 13.0 Å². The summed E-state index contributed by atoms with van der Waals surface area (Å²) in [5, 5.41) is 11.4. The van der Waals surface area contributed by atoms with Gasteiger partial charge in [-0.3, -0.25) is 0 Å². The molecule has 0 atom stereocenters. The molecule has 4 nitrogen and oxygen atoms in total. The molecule has 0 amide bonds. The van der Waals surface area contributed by atoms with E-state index < -0.39 is 0 Å². The summed E-state index contributed by atoms with van der Waals surface area (Å²) < 4.78 is 5.39. The first-order valence-corrected chi connectivity index (χ1v) is 7.78. The van der Waals surface area contributed by atoms with Crippen molar-refractivity contribution in [3.8, 4) is 5.75 Å². The third-order valence-corrected chi connectivity index (χ3v) is 4.55. The summed E-state index contributed by atoms with van der Waals surface area (Å²) in [6, 6.07) is 3.19. The maximum Gasteiger partial charge on any atom is 0.336 e. The summed E-state index contributed by atoms with van der Waals surface area (Å²) in [4.78, 5) is 13.1. The molecular weight excluding hydrogens is 290 g/mol. The van der Waals surface area contributed by atoms with Crippen molar-refractivity contribution < 1.29 is 14.4 Å². The van der Waals surface area contributed by atoms with E-state index in [4.69, 9.17) is 16.0 Å². The average molecular weight is 309 g/mol. The Morgan fingerprint density at radius 1 is 1.33 bits per heavy atom. The number of rotatable bonds is 3. The van der Waals surface area contributed by atoms with E-state index in [1.807, 2.05) is 6.92 Å². The van der Waals surface area contributed by atoms with Crippen LogP contribution in [0, 0.1) is 0 Å². The second-order valence-electron chi connectivity index (χ2n) is 5.64. The lowest BCUT2D eigenvalue weighted by Crippen LogP contribution is -3.08. The maximum atomic E-state index is 11.8. The van der Waals surface area contributed by atoms with Crippen molar-refractivity contribution in [2.75, 3.05) is 13.1 Å². The Morgan fingerprint density at radius 3 is 2.71 bits per heavy atom. The van der Waals surface area contributed by atoms with Crippen LogP contribution in [-0.4, -0.2) is 18.2 Å². The summed E-state index contributed by atoms with van der Waals surface area (Å²) in [5.41, 5.74) is 1.67. The molecule has 1 aromatic heterocycles. The minimum atomic E-state index is -0.376. The fourth-order valence-electron chi connectivity index (χ4n) is 3.14. The Labute approximate surface area is 127 Å². The zero-order valence-corrected chi connectivity index (χ0v) is 12.8. The Hall–Kier alpha value is -1.52. The molecule has 1 aliphatic rings. The number of hydrogen-bond acceptors (Lipinski definition) is 3. The van der Waals surface area contributed by atoms with E-state index in [-0.39, 0.29) is 11.4 Å². The molecule has 2 aromatic rings. The molecule has 1 aromatic carbocycles. The van der Waals surface area contributed by atoms with Crippen LogP contribution in [0.2, 0.25) is 5.02 Å². The summed E-state index contributed by atoms with van der Waals surface area (Å²) in [5.74, 6) is 0.0416. The second kappa shape index (κ2) is 5.70. The van der Waals surface area contributed by atoms with Crippen LogP contribution in [0.1, 0.15) is 30.9 Å². The zero-order valence-electron chi connectivity index (χ0n) is 12.0. The lowest BCUT2D eigenvalue weighted by molar-refractivity contribution is -0.901. The molecule has 0 radical (unpaired) electrons. The van der Waals surface area contributed by atoms with Crippen LogP contribution in [0.3, 0.4) is 0 Å². The number of halogens is 1. The lowest BCUT2D eigenvalue weighted by Gasteiger charge is -2.15. The fourth-order valence-corrected chi connectivity index (χ4v) is 3.36. The van der Waals surface area contributed by atoms with Gasteiger partial charge in [-0.2, -0.15) is 0 Å². The summed E-state index contributed by atoms with van der Waals surface area (Å²) >= 11 is 6.17. The van der Waals surface area contributed by atoms with Gasteiger partial charge in [-0.05, 0) is 18.1 Å². The zero-order chi connectivity index (χ0) is 15.0. The highest BCUT2D eigenvalue weighted by atomic mass is 35.5. The van der Waals surface area contributed by atoms with E-state index in [0.717, 1.165) is 30.5 Å². The third kappa shape index (κ3) is 2.65. The summed E-state index contributed by atoms with van der Waals surface area (Å²) in [6.45, 7) is 4.77. The van der Waals surface area contributed by atoms with E-state index in [9.17, 15) is 9.90 Å². The van der Waals surface area contributed by atoms with E-state index in [2.05, 4.69) is 0 Å². The SMILES string of the molecule is CCc1cc(=O)oc2c(C[NH+]3CCCC3)c(O)c(Cl)cc12.